The molecule has 0 aromatic heterocycles. The van der Waals surface area contributed by atoms with Crippen LogP contribution in [-0.2, 0) is 4.79 Å². The fraction of sp³-hybridized carbons (Fsp3) is 0.316. The van der Waals surface area contributed by atoms with Crippen LogP contribution in [0, 0.1) is 0 Å². The molecular formula is C19H21BrN2O2. The van der Waals surface area contributed by atoms with Crippen LogP contribution in [0.15, 0.2) is 59.1 Å². The van der Waals surface area contributed by atoms with Gasteiger partial charge in [-0.05, 0) is 31.2 Å². The van der Waals surface area contributed by atoms with Crippen LogP contribution in [0.1, 0.15) is 18.1 Å². The zero-order valence-electron chi connectivity index (χ0n) is 13.5. The number of benzene rings is 2. The first kappa shape index (κ1) is 17.0. The van der Waals surface area contributed by atoms with E-state index in [4.69, 9.17) is 4.74 Å². The highest BCUT2D eigenvalue weighted by Gasteiger charge is 2.28. The SMILES string of the molecule is O=C(C(Oc1cccc(Br)c1)c1ccccc1)N1CCCNCC1. The third-order valence-corrected chi connectivity index (χ3v) is 4.52. The van der Waals surface area contributed by atoms with Gasteiger partial charge < -0.3 is 15.0 Å². The summed E-state index contributed by atoms with van der Waals surface area (Å²) in [6, 6.07) is 17.3. The van der Waals surface area contributed by atoms with Crippen LogP contribution in [0.3, 0.4) is 0 Å². The van der Waals surface area contributed by atoms with Gasteiger partial charge in [0.2, 0.25) is 6.10 Å². The lowest BCUT2D eigenvalue weighted by Crippen LogP contribution is -2.39. The minimum Gasteiger partial charge on any atom is -0.476 e. The Bertz CT molecular complexity index is 670. The third kappa shape index (κ3) is 4.36. The van der Waals surface area contributed by atoms with E-state index in [0.717, 1.165) is 36.1 Å². The molecule has 2 aromatic carbocycles. The number of carbonyl (C=O) groups excluding carboxylic acids is 1. The number of halogens is 1. The van der Waals surface area contributed by atoms with Crippen LogP contribution in [0.25, 0.3) is 0 Å². The number of nitrogens with one attached hydrogen (secondary N) is 1. The maximum Gasteiger partial charge on any atom is 0.268 e. The van der Waals surface area contributed by atoms with Crippen molar-refractivity contribution in [3.05, 3.63) is 64.6 Å². The summed E-state index contributed by atoms with van der Waals surface area (Å²) >= 11 is 3.45. The molecular weight excluding hydrogens is 368 g/mol. The molecule has 1 unspecified atom stereocenters. The van der Waals surface area contributed by atoms with Gasteiger partial charge in [0, 0.05) is 29.7 Å². The lowest BCUT2D eigenvalue weighted by molar-refractivity contribution is -0.138. The number of amides is 1. The number of hydrogen-bond acceptors (Lipinski definition) is 3. The molecule has 126 valence electrons. The van der Waals surface area contributed by atoms with E-state index in [1.807, 2.05) is 59.5 Å². The number of rotatable bonds is 4. The topological polar surface area (TPSA) is 41.6 Å². The van der Waals surface area contributed by atoms with Crippen LogP contribution in [0.2, 0.25) is 0 Å². The Morgan fingerprint density at radius 2 is 1.92 bits per heavy atom. The van der Waals surface area contributed by atoms with Gasteiger partial charge in [0.1, 0.15) is 5.75 Å². The van der Waals surface area contributed by atoms with Crippen LogP contribution in [-0.4, -0.2) is 37.0 Å². The minimum absolute atomic E-state index is 0.0184. The Balaban J connectivity index is 1.85. The molecule has 0 radical (unpaired) electrons. The highest BCUT2D eigenvalue weighted by atomic mass is 79.9. The maximum absolute atomic E-state index is 13.1. The molecule has 1 saturated heterocycles. The average Bonchev–Trinajstić information content (AvgIpc) is 2.89. The number of hydrogen-bond donors (Lipinski definition) is 1. The number of ether oxygens (including phenoxy) is 1. The van der Waals surface area contributed by atoms with E-state index in [0.29, 0.717) is 12.3 Å². The van der Waals surface area contributed by atoms with Gasteiger partial charge >= 0.3 is 0 Å². The predicted molar refractivity (Wildman–Crippen MR) is 98.0 cm³/mol. The maximum atomic E-state index is 13.1. The van der Waals surface area contributed by atoms with Gasteiger partial charge in [0.15, 0.2) is 0 Å². The van der Waals surface area contributed by atoms with Gasteiger partial charge in [-0.2, -0.15) is 0 Å². The van der Waals surface area contributed by atoms with E-state index in [1.165, 1.54) is 0 Å². The Labute approximate surface area is 150 Å². The molecule has 1 heterocycles. The summed E-state index contributed by atoms with van der Waals surface area (Å²) in [5.41, 5.74) is 0.875. The van der Waals surface area contributed by atoms with Crippen molar-refractivity contribution in [2.45, 2.75) is 12.5 Å². The summed E-state index contributed by atoms with van der Waals surface area (Å²) in [7, 11) is 0. The molecule has 1 fully saturated rings. The second-order valence-corrected chi connectivity index (χ2v) is 6.71. The standard InChI is InChI=1S/C19H21BrN2O2/c20-16-8-4-9-17(14-16)24-18(15-6-2-1-3-7-15)19(23)22-12-5-10-21-11-13-22/h1-4,6-9,14,18,21H,5,10-13H2. The Hall–Kier alpha value is -1.85. The summed E-state index contributed by atoms with van der Waals surface area (Å²) in [6.07, 6.45) is 0.336. The summed E-state index contributed by atoms with van der Waals surface area (Å²) in [6.45, 7) is 3.25. The minimum atomic E-state index is -0.626. The van der Waals surface area contributed by atoms with E-state index in [-0.39, 0.29) is 5.91 Å². The third-order valence-electron chi connectivity index (χ3n) is 4.03. The van der Waals surface area contributed by atoms with Crippen molar-refractivity contribution in [2.24, 2.45) is 0 Å². The largest absolute Gasteiger partial charge is 0.476 e. The van der Waals surface area contributed by atoms with Crippen LogP contribution >= 0.6 is 15.9 Å². The Kier molecular flexibility index (Phi) is 5.88. The lowest BCUT2D eigenvalue weighted by atomic mass is 10.1. The summed E-state index contributed by atoms with van der Waals surface area (Å²) < 4.78 is 7.02. The molecule has 4 nitrogen and oxygen atoms in total. The van der Waals surface area contributed by atoms with Crippen molar-refractivity contribution < 1.29 is 9.53 Å². The van der Waals surface area contributed by atoms with Crippen molar-refractivity contribution in [3.8, 4) is 5.75 Å². The molecule has 0 bridgehead atoms. The number of nitrogens with zero attached hydrogens (tertiary/aromatic N) is 1. The number of carbonyl (C=O) groups is 1. The summed E-state index contributed by atoms with van der Waals surface area (Å²) in [5.74, 6) is 0.699. The van der Waals surface area contributed by atoms with Crippen molar-refractivity contribution in [2.75, 3.05) is 26.2 Å². The fourth-order valence-electron chi connectivity index (χ4n) is 2.80. The highest BCUT2D eigenvalue weighted by Crippen LogP contribution is 2.26. The smallest absolute Gasteiger partial charge is 0.268 e. The van der Waals surface area contributed by atoms with E-state index in [2.05, 4.69) is 21.2 Å². The van der Waals surface area contributed by atoms with Gasteiger partial charge in [-0.15, -0.1) is 0 Å². The van der Waals surface area contributed by atoms with Crippen molar-refractivity contribution in [1.82, 2.24) is 10.2 Å². The first-order valence-electron chi connectivity index (χ1n) is 8.21. The quantitative estimate of drug-likeness (QED) is 0.872. The van der Waals surface area contributed by atoms with E-state index >= 15 is 0 Å². The molecule has 1 amide bonds. The molecule has 3 rings (SSSR count). The molecule has 24 heavy (non-hydrogen) atoms. The summed E-state index contributed by atoms with van der Waals surface area (Å²) in [5, 5.41) is 3.33. The van der Waals surface area contributed by atoms with Gasteiger partial charge in [-0.25, -0.2) is 0 Å². The Morgan fingerprint density at radius 3 is 2.71 bits per heavy atom. The second-order valence-electron chi connectivity index (χ2n) is 5.79. The van der Waals surface area contributed by atoms with Gasteiger partial charge in [-0.1, -0.05) is 52.3 Å². The highest BCUT2D eigenvalue weighted by molar-refractivity contribution is 9.10. The van der Waals surface area contributed by atoms with E-state index in [1.54, 1.807) is 0 Å². The molecule has 0 aliphatic carbocycles. The van der Waals surface area contributed by atoms with Crippen molar-refractivity contribution in [1.29, 1.82) is 0 Å². The first-order chi connectivity index (χ1) is 11.7. The van der Waals surface area contributed by atoms with Crippen molar-refractivity contribution >= 4 is 21.8 Å². The lowest BCUT2D eigenvalue weighted by Gasteiger charge is -2.26. The Morgan fingerprint density at radius 1 is 1.08 bits per heavy atom. The van der Waals surface area contributed by atoms with Gasteiger partial charge in [-0.3, -0.25) is 4.79 Å². The van der Waals surface area contributed by atoms with Crippen LogP contribution in [0.5, 0.6) is 5.75 Å². The van der Waals surface area contributed by atoms with Crippen LogP contribution < -0.4 is 10.1 Å². The monoisotopic (exact) mass is 388 g/mol. The summed E-state index contributed by atoms with van der Waals surface area (Å²) in [4.78, 5) is 15.0. The molecule has 0 saturated carbocycles. The zero-order valence-corrected chi connectivity index (χ0v) is 15.0. The van der Waals surface area contributed by atoms with E-state index in [9.17, 15) is 4.79 Å². The predicted octanol–water partition coefficient (Wildman–Crippen LogP) is 3.39. The van der Waals surface area contributed by atoms with Gasteiger partial charge in [0.25, 0.3) is 5.91 Å². The molecule has 1 aliphatic rings. The van der Waals surface area contributed by atoms with Crippen molar-refractivity contribution in [3.63, 3.8) is 0 Å². The molecule has 1 atom stereocenters. The second kappa shape index (κ2) is 8.31. The van der Waals surface area contributed by atoms with E-state index < -0.39 is 6.10 Å². The average molecular weight is 389 g/mol. The normalized spacial score (nSPS) is 16.3. The molecule has 1 N–H and O–H groups in total. The molecule has 5 heteroatoms. The molecule has 0 spiro atoms. The van der Waals surface area contributed by atoms with Crippen LogP contribution in [0.4, 0.5) is 0 Å². The molecule has 1 aliphatic heterocycles. The van der Waals surface area contributed by atoms with Gasteiger partial charge in [0.05, 0.1) is 0 Å². The zero-order chi connectivity index (χ0) is 16.8. The fourth-order valence-corrected chi connectivity index (χ4v) is 3.18. The molecule has 2 aromatic rings. The first-order valence-corrected chi connectivity index (χ1v) is 9.00.